The predicted molar refractivity (Wildman–Crippen MR) is 45.8 cm³/mol. The quantitative estimate of drug-likeness (QED) is 0.653. The highest BCUT2D eigenvalue weighted by molar-refractivity contribution is 5.48. The SMILES string of the molecule is C=Cc1ccc(CC#N)cc1F. The van der Waals surface area contributed by atoms with Crippen LogP contribution in [0.25, 0.3) is 6.08 Å². The summed E-state index contributed by atoms with van der Waals surface area (Å²) in [5, 5.41) is 8.34. The van der Waals surface area contributed by atoms with Crippen molar-refractivity contribution in [2.75, 3.05) is 0 Å². The standard InChI is InChI=1S/C10H8FN/c1-2-9-4-3-8(5-6-12)7-10(9)11/h2-4,7H,1,5H2. The zero-order valence-corrected chi connectivity index (χ0v) is 6.55. The molecule has 1 nitrogen and oxygen atoms in total. The lowest BCUT2D eigenvalue weighted by Crippen LogP contribution is -1.86. The van der Waals surface area contributed by atoms with Gasteiger partial charge in [-0.3, -0.25) is 0 Å². The minimum Gasteiger partial charge on any atom is -0.206 e. The van der Waals surface area contributed by atoms with Crippen LogP contribution in [0.4, 0.5) is 4.39 Å². The van der Waals surface area contributed by atoms with Crippen LogP contribution >= 0.6 is 0 Å². The van der Waals surface area contributed by atoms with Crippen LogP contribution in [0.5, 0.6) is 0 Å². The van der Waals surface area contributed by atoms with E-state index in [0.29, 0.717) is 11.1 Å². The van der Waals surface area contributed by atoms with Crippen LogP contribution in [-0.2, 0) is 6.42 Å². The van der Waals surface area contributed by atoms with E-state index in [2.05, 4.69) is 6.58 Å². The first kappa shape index (κ1) is 8.48. The van der Waals surface area contributed by atoms with Gasteiger partial charge in [0.1, 0.15) is 5.82 Å². The molecule has 2 heteroatoms. The van der Waals surface area contributed by atoms with E-state index in [9.17, 15) is 4.39 Å². The third-order valence-corrected chi connectivity index (χ3v) is 1.57. The van der Waals surface area contributed by atoms with Gasteiger partial charge in [0.05, 0.1) is 12.5 Å². The van der Waals surface area contributed by atoms with E-state index in [1.807, 2.05) is 6.07 Å². The zero-order valence-electron chi connectivity index (χ0n) is 6.55. The van der Waals surface area contributed by atoms with Crippen molar-refractivity contribution in [1.82, 2.24) is 0 Å². The Kier molecular flexibility index (Phi) is 2.60. The van der Waals surface area contributed by atoms with Crippen molar-refractivity contribution in [2.24, 2.45) is 0 Å². The Morgan fingerprint density at radius 3 is 2.83 bits per heavy atom. The topological polar surface area (TPSA) is 23.8 Å². The first-order valence-electron chi connectivity index (χ1n) is 3.55. The number of nitrogens with zero attached hydrogens (tertiary/aromatic N) is 1. The van der Waals surface area contributed by atoms with Crippen LogP contribution in [-0.4, -0.2) is 0 Å². The van der Waals surface area contributed by atoms with E-state index >= 15 is 0 Å². The third-order valence-electron chi connectivity index (χ3n) is 1.57. The van der Waals surface area contributed by atoms with Crippen molar-refractivity contribution in [3.63, 3.8) is 0 Å². The molecule has 0 fully saturated rings. The Morgan fingerprint density at radius 2 is 2.33 bits per heavy atom. The van der Waals surface area contributed by atoms with Crippen LogP contribution < -0.4 is 0 Å². The lowest BCUT2D eigenvalue weighted by atomic mass is 10.1. The molecule has 60 valence electrons. The molecular weight excluding hydrogens is 153 g/mol. The van der Waals surface area contributed by atoms with E-state index in [-0.39, 0.29) is 12.2 Å². The van der Waals surface area contributed by atoms with E-state index in [0.717, 1.165) is 0 Å². The Morgan fingerprint density at radius 1 is 1.58 bits per heavy atom. The number of rotatable bonds is 2. The average molecular weight is 161 g/mol. The lowest BCUT2D eigenvalue weighted by Gasteiger charge is -1.98. The summed E-state index contributed by atoms with van der Waals surface area (Å²) in [5.74, 6) is -0.322. The fourth-order valence-corrected chi connectivity index (χ4v) is 0.937. The second-order valence-electron chi connectivity index (χ2n) is 2.39. The van der Waals surface area contributed by atoms with E-state index in [1.54, 1.807) is 12.1 Å². The van der Waals surface area contributed by atoms with Gasteiger partial charge in [0.25, 0.3) is 0 Å². The maximum absolute atomic E-state index is 13.0. The van der Waals surface area contributed by atoms with Gasteiger partial charge >= 0.3 is 0 Å². The minimum atomic E-state index is -0.322. The second-order valence-corrected chi connectivity index (χ2v) is 2.39. The molecule has 0 bridgehead atoms. The molecule has 0 aliphatic heterocycles. The number of hydrogen-bond donors (Lipinski definition) is 0. The third kappa shape index (κ3) is 1.70. The fourth-order valence-electron chi connectivity index (χ4n) is 0.937. The van der Waals surface area contributed by atoms with Crippen molar-refractivity contribution in [2.45, 2.75) is 6.42 Å². The Labute approximate surface area is 70.8 Å². The summed E-state index contributed by atoms with van der Waals surface area (Å²) < 4.78 is 13.0. The van der Waals surface area contributed by atoms with Gasteiger partial charge in [-0.15, -0.1) is 0 Å². The first-order valence-corrected chi connectivity index (χ1v) is 3.55. The van der Waals surface area contributed by atoms with Gasteiger partial charge in [-0.25, -0.2) is 4.39 Å². The lowest BCUT2D eigenvalue weighted by molar-refractivity contribution is 0.623. The average Bonchev–Trinajstić information content (AvgIpc) is 2.05. The second kappa shape index (κ2) is 3.68. The summed E-state index contributed by atoms with van der Waals surface area (Å²) >= 11 is 0. The van der Waals surface area contributed by atoms with Gasteiger partial charge in [0.15, 0.2) is 0 Å². The molecule has 1 aromatic carbocycles. The van der Waals surface area contributed by atoms with Crippen molar-refractivity contribution < 1.29 is 4.39 Å². The number of halogens is 1. The molecule has 0 atom stereocenters. The minimum absolute atomic E-state index is 0.244. The summed E-state index contributed by atoms with van der Waals surface area (Å²) in [4.78, 5) is 0. The molecule has 12 heavy (non-hydrogen) atoms. The Bertz CT molecular complexity index is 336. The molecule has 1 aromatic rings. The predicted octanol–water partition coefficient (Wildman–Crippen LogP) is 2.53. The molecule has 0 aliphatic carbocycles. The first-order chi connectivity index (χ1) is 5.77. The zero-order chi connectivity index (χ0) is 8.97. The monoisotopic (exact) mass is 161 g/mol. The maximum Gasteiger partial charge on any atom is 0.130 e. The van der Waals surface area contributed by atoms with Crippen LogP contribution in [0.3, 0.4) is 0 Å². The number of hydrogen-bond acceptors (Lipinski definition) is 1. The molecule has 0 N–H and O–H groups in total. The molecule has 0 amide bonds. The summed E-state index contributed by atoms with van der Waals surface area (Å²) in [6.07, 6.45) is 1.69. The van der Waals surface area contributed by atoms with Gasteiger partial charge in [-0.05, 0) is 11.6 Å². The molecule has 0 unspecified atom stereocenters. The van der Waals surface area contributed by atoms with Crippen LogP contribution in [0.2, 0.25) is 0 Å². The van der Waals surface area contributed by atoms with Gasteiger partial charge in [0.2, 0.25) is 0 Å². The van der Waals surface area contributed by atoms with E-state index < -0.39 is 0 Å². The van der Waals surface area contributed by atoms with Crippen LogP contribution in [0.1, 0.15) is 11.1 Å². The molecule has 0 saturated heterocycles. The van der Waals surface area contributed by atoms with Gasteiger partial charge in [-0.1, -0.05) is 24.8 Å². The Hall–Kier alpha value is -1.62. The molecule has 0 radical (unpaired) electrons. The summed E-state index contributed by atoms with van der Waals surface area (Å²) in [5.41, 5.74) is 1.16. The molecule has 1 rings (SSSR count). The number of benzene rings is 1. The molecular formula is C10H8FN. The largest absolute Gasteiger partial charge is 0.206 e. The van der Waals surface area contributed by atoms with E-state index in [4.69, 9.17) is 5.26 Å². The smallest absolute Gasteiger partial charge is 0.130 e. The summed E-state index contributed by atoms with van der Waals surface area (Å²) in [7, 11) is 0. The summed E-state index contributed by atoms with van der Waals surface area (Å²) in [6.45, 7) is 3.46. The number of nitriles is 1. The molecule has 0 aliphatic rings. The highest BCUT2D eigenvalue weighted by atomic mass is 19.1. The normalized spacial score (nSPS) is 9.00. The molecule has 0 spiro atoms. The highest BCUT2D eigenvalue weighted by Gasteiger charge is 1.99. The highest BCUT2D eigenvalue weighted by Crippen LogP contribution is 2.11. The summed E-state index contributed by atoms with van der Waals surface area (Å²) in [6, 6.07) is 6.66. The Balaban J connectivity index is 3.03. The van der Waals surface area contributed by atoms with E-state index in [1.165, 1.54) is 12.1 Å². The van der Waals surface area contributed by atoms with Crippen molar-refractivity contribution in [3.8, 4) is 6.07 Å². The van der Waals surface area contributed by atoms with Crippen LogP contribution in [0, 0.1) is 17.1 Å². The fraction of sp³-hybridized carbons (Fsp3) is 0.100. The van der Waals surface area contributed by atoms with Crippen LogP contribution in [0.15, 0.2) is 24.8 Å². The van der Waals surface area contributed by atoms with Gasteiger partial charge in [0, 0.05) is 5.56 Å². The van der Waals surface area contributed by atoms with Crippen molar-refractivity contribution in [3.05, 3.63) is 41.7 Å². The van der Waals surface area contributed by atoms with Gasteiger partial charge in [-0.2, -0.15) is 5.26 Å². The molecule has 0 aromatic heterocycles. The van der Waals surface area contributed by atoms with Crippen molar-refractivity contribution in [1.29, 1.82) is 5.26 Å². The molecule has 0 heterocycles. The van der Waals surface area contributed by atoms with Gasteiger partial charge < -0.3 is 0 Å². The maximum atomic E-state index is 13.0. The molecule has 0 saturated carbocycles. The van der Waals surface area contributed by atoms with Crippen molar-refractivity contribution >= 4 is 6.08 Å².